The second kappa shape index (κ2) is 6.63. The molecule has 17 heteroatoms. The fourth-order valence-corrected chi connectivity index (χ4v) is 5.53. The van der Waals surface area contributed by atoms with Crippen molar-refractivity contribution in [3.05, 3.63) is 0 Å². The Morgan fingerprint density at radius 1 is 1.00 bits per heavy atom. The van der Waals surface area contributed by atoms with Gasteiger partial charge in [0.2, 0.25) is 0 Å². The highest BCUT2D eigenvalue weighted by Gasteiger charge is 2.58. The number of aliphatic hydroxyl groups is 3. The van der Waals surface area contributed by atoms with Crippen molar-refractivity contribution in [3.63, 3.8) is 0 Å². The van der Waals surface area contributed by atoms with Crippen LogP contribution in [0.2, 0.25) is 0 Å². The van der Waals surface area contributed by atoms with Crippen LogP contribution in [0, 0.1) is 0 Å². The maximum atomic E-state index is 11.8. The molecule has 0 aromatic rings. The zero-order chi connectivity index (χ0) is 17.5. The van der Waals surface area contributed by atoms with E-state index in [9.17, 15) is 28.8 Å². The van der Waals surface area contributed by atoms with E-state index in [1.54, 1.807) is 0 Å². The van der Waals surface area contributed by atoms with E-state index < -0.39 is 58.9 Å². The van der Waals surface area contributed by atoms with E-state index >= 15 is 0 Å². The van der Waals surface area contributed by atoms with Gasteiger partial charge in [-0.15, -0.1) is 0 Å². The van der Waals surface area contributed by atoms with E-state index in [0.717, 1.165) is 0 Å². The van der Waals surface area contributed by atoms with Crippen LogP contribution in [0.3, 0.4) is 0 Å². The Balaban J connectivity index is 3.24. The Kier molecular flexibility index (Phi) is 6.12. The van der Waals surface area contributed by atoms with Crippen LogP contribution in [-0.2, 0) is 22.7 Å². The number of ether oxygens (including phenoxy) is 1. The molecule has 0 bridgehead atoms. The molecule has 5 atom stereocenters. The minimum absolute atomic E-state index is 0.803. The summed E-state index contributed by atoms with van der Waals surface area (Å²) in [6, 6.07) is 0. The van der Waals surface area contributed by atoms with E-state index in [1.807, 2.05) is 0 Å². The van der Waals surface area contributed by atoms with Gasteiger partial charge in [0.05, 0.1) is 6.61 Å². The van der Waals surface area contributed by atoms with Crippen molar-refractivity contribution in [3.8, 4) is 0 Å². The summed E-state index contributed by atoms with van der Waals surface area (Å²) < 4.78 is 41.0. The Morgan fingerprint density at radius 3 is 1.82 bits per heavy atom. The first-order valence-electron chi connectivity index (χ1n) is 5.28. The van der Waals surface area contributed by atoms with Crippen LogP contribution in [0.15, 0.2) is 0 Å². The second-order valence-electron chi connectivity index (χ2n) is 4.13. The van der Waals surface area contributed by atoms with Gasteiger partial charge in [-0.3, -0.25) is 0 Å². The maximum Gasteiger partial charge on any atom is 0.477 e. The lowest BCUT2D eigenvalue weighted by molar-refractivity contribution is -0.0563. The Morgan fingerprint density at radius 2 is 1.50 bits per heavy atom. The van der Waals surface area contributed by atoms with Crippen molar-refractivity contribution < 1.29 is 62.5 Å². The summed E-state index contributed by atoms with van der Waals surface area (Å²) in [7, 11) is -17.3. The number of hydrogen-bond donors (Lipinski definition) is 8. The molecule has 1 aliphatic heterocycles. The molecule has 132 valence electrons. The lowest BCUT2D eigenvalue weighted by Gasteiger charge is -2.32. The largest absolute Gasteiger partial charge is 0.477 e. The summed E-state index contributed by atoms with van der Waals surface area (Å²) in [4.78, 5) is 44.6. The number of rotatable bonds is 6. The van der Waals surface area contributed by atoms with Crippen LogP contribution in [0.4, 0.5) is 0 Å². The molecule has 0 aromatic heterocycles. The lowest BCUT2D eigenvalue weighted by Crippen LogP contribution is -2.41. The summed E-state index contributed by atoms with van der Waals surface area (Å²) >= 11 is 0. The molecule has 0 aliphatic carbocycles. The average Bonchev–Trinajstić information content (AvgIpc) is 2.51. The summed E-state index contributed by atoms with van der Waals surface area (Å²) in [5, 5.41) is 27.9. The SMILES string of the molecule is O=P(O)(O)OP(=O)(O)N(C1O[C@H](CO)[C@@H](O)[C@H]1O)P(=O)(O)O. The van der Waals surface area contributed by atoms with Gasteiger partial charge in [-0.25, -0.2) is 13.7 Å². The monoisotopic (exact) mass is 389 g/mol. The van der Waals surface area contributed by atoms with Crippen molar-refractivity contribution in [1.29, 1.82) is 0 Å². The third-order valence-corrected chi connectivity index (χ3v) is 7.07. The molecule has 0 aromatic carbocycles. The van der Waals surface area contributed by atoms with Crippen LogP contribution in [0.25, 0.3) is 0 Å². The highest BCUT2D eigenvalue weighted by molar-refractivity contribution is 7.70. The van der Waals surface area contributed by atoms with Gasteiger partial charge in [0.1, 0.15) is 18.3 Å². The molecule has 2 unspecified atom stereocenters. The van der Waals surface area contributed by atoms with Crippen molar-refractivity contribution in [2.75, 3.05) is 6.61 Å². The predicted molar refractivity (Wildman–Crippen MR) is 64.6 cm³/mol. The highest BCUT2D eigenvalue weighted by atomic mass is 31.3. The molecule has 8 N–H and O–H groups in total. The molecule has 0 amide bonds. The summed E-state index contributed by atoms with van der Waals surface area (Å²) in [5.74, 6) is 0. The Hall–Kier alpha value is 0.250. The molecule has 1 rings (SSSR count). The quantitative estimate of drug-likeness (QED) is 0.212. The van der Waals surface area contributed by atoms with Gasteiger partial charge in [0, 0.05) is 0 Å². The Labute approximate surface area is 122 Å². The zero-order valence-corrected chi connectivity index (χ0v) is 13.1. The molecule has 14 nitrogen and oxygen atoms in total. The van der Waals surface area contributed by atoms with Gasteiger partial charge < -0.3 is 44.5 Å². The third-order valence-electron chi connectivity index (χ3n) is 2.48. The minimum Gasteiger partial charge on any atom is -0.394 e. The van der Waals surface area contributed by atoms with Crippen LogP contribution in [0.5, 0.6) is 0 Å². The number of hydrogen-bond acceptors (Lipinski definition) is 8. The van der Waals surface area contributed by atoms with Crippen LogP contribution < -0.4 is 0 Å². The first-order chi connectivity index (χ1) is 9.70. The van der Waals surface area contributed by atoms with E-state index in [4.69, 9.17) is 24.7 Å². The molecule has 0 saturated carbocycles. The lowest BCUT2D eigenvalue weighted by atomic mass is 10.1. The highest BCUT2D eigenvalue weighted by Crippen LogP contribution is 2.68. The smallest absolute Gasteiger partial charge is 0.394 e. The molecule has 22 heavy (non-hydrogen) atoms. The van der Waals surface area contributed by atoms with Gasteiger partial charge in [0.15, 0.2) is 6.23 Å². The fourth-order valence-electron chi connectivity index (χ4n) is 1.69. The van der Waals surface area contributed by atoms with Crippen LogP contribution in [-0.4, -0.2) is 75.4 Å². The van der Waals surface area contributed by atoms with E-state index in [1.165, 1.54) is 0 Å². The first kappa shape index (κ1) is 20.3. The van der Waals surface area contributed by atoms with Crippen molar-refractivity contribution in [1.82, 2.24) is 4.44 Å². The predicted octanol–water partition coefficient (Wildman–Crippen LogP) is -2.97. The standard InChI is InChI=1S/C5H14NO13P3/c7-1-2-3(8)4(9)5(18-2)6(20(10,11)12)21(13,14)19-22(15,16)17/h2-5,7-9H,1H2,(H,13,14)(H2,10,11,12)(H2,15,16,17)/t2-,3-,4-,5?/m1/s1. The first-order valence-corrected chi connectivity index (χ1v) is 9.91. The number of aliphatic hydroxyl groups excluding tert-OH is 3. The average molecular weight is 389 g/mol. The van der Waals surface area contributed by atoms with Crippen LogP contribution >= 0.6 is 23.3 Å². The normalized spacial score (nSPS) is 33.1. The molecule has 1 saturated heterocycles. The second-order valence-corrected chi connectivity index (χ2v) is 8.94. The zero-order valence-electron chi connectivity index (χ0n) is 10.4. The van der Waals surface area contributed by atoms with Crippen molar-refractivity contribution in [2.24, 2.45) is 0 Å². The van der Waals surface area contributed by atoms with E-state index in [-0.39, 0.29) is 0 Å². The molecule has 0 radical (unpaired) electrons. The van der Waals surface area contributed by atoms with Gasteiger partial charge in [0.25, 0.3) is 0 Å². The number of phosphoric acid groups is 1. The topological polar surface area (TPSA) is 235 Å². The summed E-state index contributed by atoms with van der Waals surface area (Å²) in [6.07, 6.45) is -8.02. The van der Waals surface area contributed by atoms with Gasteiger partial charge in [-0.2, -0.15) is 4.31 Å². The van der Waals surface area contributed by atoms with Crippen molar-refractivity contribution in [2.45, 2.75) is 24.5 Å². The van der Waals surface area contributed by atoms with Crippen LogP contribution in [0.1, 0.15) is 0 Å². The van der Waals surface area contributed by atoms with Crippen molar-refractivity contribution >= 4 is 23.3 Å². The fraction of sp³-hybridized carbons (Fsp3) is 1.00. The molecular formula is C5H14NO13P3. The van der Waals surface area contributed by atoms with Gasteiger partial charge >= 0.3 is 23.3 Å². The molecule has 1 aliphatic rings. The summed E-state index contributed by atoms with van der Waals surface area (Å²) in [5.41, 5.74) is 0. The van der Waals surface area contributed by atoms with E-state index in [2.05, 4.69) is 9.05 Å². The Bertz CT molecular complexity index is 540. The molecule has 1 heterocycles. The summed E-state index contributed by atoms with van der Waals surface area (Å²) in [6.45, 7) is -0.918. The van der Waals surface area contributed by atoms with E-state index in [0.29, 0.717) is 0 Å². The molecular weight excluding hydrogens is 375 g/mol. The molecule has 0 spiro atoms. The minimum atomic E-state index is -5.87. The number of nitrogens with zero attached hydrogens (tertiary/aromatic N) is 1. The third kappa shape index (κ3) is 4.63. The molecule has 1 fully saturated rings. The van der Waals surface area contributed by atoms with Gasteiger partial charge in [-0.1, -0.05) is 4.44 Å². The maximum absolute atomic E-state index is 11.8. The van der Waals surface area contributed by atoms with Gasteiger partial charge in [-0.05, 0) is 0 Å².